The molecular formula is C26H24N2O3. The van der Waals surface area contributed by atoms with Gasteiger partial charge in [0.1, 0.15) is 29.7 Å². The lowest BCUT2D eigenvalue weighted by Gasteiger charge is -2.08. The molecule has 0 atom stereocenters. The summed E-state index contributed by atoms with van der Waals surface area (Å²) in [5.74, 6) is 0.912. The smallest absolute Gasteiger partial charge is 0.266 e. The molecular weight excluding hydrogens is 388 g/mol. The standard InChI is InChI=1S/C26H24N2O3/c1-3-30-24-13-11-23(12-14-24)28-26(29)22(17-27)15-21-5-4-6-25(16-21)31-18-20-9-7-19(2)8-10-20/h4-16H,3,18H2,1-2H3,(H,28,29)/b22-15-. The number of amides is 1. The fraction of sp³-hybridized carbons (Fsp3) is 0.154. The van der Waals surface area contributed by atoms with Crippen molar-refractivity contribution in [2.45, 2.75) is 20.5 Å². The summed E-state index contributed by atoms with van der Waals surface area (Å²) < 4.78 is 11.2. The van der Waals surface area contributed by atoms with E-state index in [1.807, 2.05) is 62.4 Å². The molecule has 5 heteroatoms. The maximum Gasteiger partial charge on any atom is 0.266 e. The highest BCUT2D eigenvalue weighted by Gasteiger charge is 2.10. The zero-order valence-electron chi connectivity index (χ0n) is 17.6. The van der Waals surface area contributed by atoms with Crippen molar-refractivity contribution >= 4 is 17.7 Å². The summed E-state index contributed by atoms with van der Waals surface area (Å²) in [5.41, 5.74) is 3.57. The van der Waals surface area contributed by atoms with Crippen molar-refractivity contribution in [1.29, 1.82) is 5.26 Å². The van der Waals surface area contributed by atoms with Gasteiger partial charge in [0.15, 0.2) is 0 Å². The molecule has 3 aromatic carbocycles. The van der Waals surface area contributed by atoms with Crippen LogP contribution >= 0.6 is 0 Å². The number of rotatable bonds is 8. The summed E-state index contributed by atoms with van der Waals surface area (Å²) in [6.07, 6.45) is 1.54. The number of hydrogen-bond donors (Lipinski definition) is 1. The predicted molar refractivity (Wildman–Crippen MR) is 122 cm³/mol. The Hall–Kier alpha value is -4.04. The Labute approximate surface area is 182 Å². The van der Waals surface area contributed by atoms with E-state index in [-0.39, 0.29) is 5.57 Å². The Balaban J connectivity index is 1.66. The van der Waals surface area contributed by atoms with Crippen molar-refractivity contribution < 1.29 is 14.3 Å². The van der Waals surface area contributed by atoms with Gasteiger partial charge in [-0.05, 0) is 67.4 Å². The van der Waals surface area contributed by atoms with Crippen LogP contribution < -0.4 is 14.8 Å². The van der Waals surface area contributed by atoms with Gasteiger partial charge in [-0.3, -0.25) is 4.79 Å². The average Bonchev–Trinajstić information content (AvgIpc) is 2.79. The van der Waals surface area contributed by atoms with Crippen LogP contribution in [0.1, 0.15) is 23.6 Å². The minimum Gasteiger partial charge on any atom is -0.494 e. The fourth-order valence-electron chi connectivity index (χ4n) is 2.86. The van der Waals surface area contributed by atoms with Crippen molar-refractivity contribution in [3.05, 3.63) is 95.1 Å². The molecule has 0 radical (unpaired) electrons. The molecule has 0 fully saturated rings. The molecule has 3 aromatic rings. The van der Waals surface area contributed by atoms with E-state index in [2.05, 4.69) is 5.32 Å². The van der Waals surface area contributed by atoms with Crippen molar-refractivity contribution in [2.24, 2.45) is 0 Å². The number of benzene rings is 3. The van der Waals surface area contributed by atoms with Crippen LogP contribution in [0.25, 0.3) is 6.08 Å². The highest BCUT2D eigenvalue weighted by Crippen LogP contribution is 2.19. The topological polar surface area (TPSA) is 71.3 Å². The molecule has 0 aliphatic carbocycles. The van der Waals surface area contributed by atoms with Crippen LogP contribution in [0.2, 0.25) is 0 Å². The Bertz CT molecular complexity index is 1090. The summed E-state index contributed by atoms with van der Waals surface area (Å²) in [4.78, 5) is 12.5. The highest BCUT2D eigenvalue weighted by atomic mass is 16.5. The number of nitrogens with zero attached hydrogens (tertiary/aromatic N) is 1. The van der Waals surface area contributed by atoms with Crippen LogP contribution in [-0.4, -0.2) is 12.5 Å². The molecule has 0 aliphatic rings. The molecule has 0 aromatic heterocycles. The summed E-state index contributed by atoms with van der Waals surface area (Å²) in [7, 11) is 0. The third-order valence-electron chi connectivity index (χ3n) is 4.48. The van der Waals surface area contributed by atoms with E-state index in [0.29, 0.717) is 30.2 Å². The Morgan fingerprint density at radius 2 is 1.74 bits per heavy atom. The lowest BCUT2D eigenvalue weighted by molar-refractivity contribution is -0.112. The van der Waals surface area contributed by atoms with Gasteiger partial charge in [0.25, 0.3) is 5.91 Å². The predicted octanol–water partition coefficient (Wildman–Crippen LogP) is 5.52. The second-order valence-electron chi connectivity index (χ2n) is 6.93. The Morgan fingerprint density at radius 1 is 1.00 bits per heavy atom. The molecule has 0 aliphatic heterocycles. The lowest BCUT2D eigenvalue weighted by Crippen LogP contribution is -2.13. The van der Waals surface area contributed by atoms with E-state index < -0.39 is 5.91 Å². The third kappa shape index (κ3) is 6.48. The van der Waals surface area contributed by atoms with Crippen LogP contribution in [0.15, 0.2) is 78.4 Å². The zero-order chi connectivity index (χ0) is 22.1. The zero-order valence-corrected chi connectivity index (χ0v) is 17.6. The molecule has 156 valence electrons. The van der Waals surface area contributed by atoms with Crippen LogP contribution in [0.4, 0.5) is 5.69 Å². The van der Waals surface area contributed by atoms with E-state index in [0.717, 1.165) is 11.3 Å². The largest absolute Gasteiger partial charge is 0.494 e. The first-order valence-electron chi connectivity index (χ1n) is 10.0. The first kappa shape index (κ1) is 21.7. The maximum absolute atomic E-state index is 12.5. The summed E-state index contributed by atoms with van der Waals surface area (Å²) in [6.45, 7) is 4.96. The highest BCUT2D eigenvalue weighted by molar-refractivity contribution is 6.09. The summed E-state index contributed by atoms with van der Waals surface area (Å²) in [6, 6.07) is 24.4. The second kappa shape index (κ2) is 10.7. The number of nitriles is 1. The van der Waals surface area contributed by atoms with E-state index in [1.165, 1.54) is 5.56 Å². The summed E-state index contributed by atoms with van der Waals surface area (Å²) >= 11 is 0. The third-order valence-corrected chi connectivity index (χ3v) is 4.48. The van der Waals surface area contributed by atoms with Crippen LogP contribution in [-0.2, 0) is 11.4 Å². The lowest BCUT2D eigenvalue weighted by atomic mass is 10.1. The van der Waals surface area contributed by atoms with Crippen LogP contribution in [0.5, 0.6) is 11.5 Å². The number of carbonyl (C=O) groups is 1. The first-order valence-corrected chi connectivity index (χ1v) is 10.0. The SMILES string of the molecule is CCOc1ccc(NC(=O)/C(C#N)=C\c2cccc(OCc3ccc(C)cc3)c2)cc1. The quantitative estimate of drug-likeness (QED) is 0.391. The second-order valence-corrected chi connectivity index (χ2v) is 6.93. The van der Waals surface area contributed by atoms with Crippen molar-refractivity contribution in [3.8, 4) is 17.6 Å². The van der Waals surface area contributed by atoms with E-state index in [9.17, 15) is 10.1 Å². The number of aryl methyl sites for hydroxylation is 1. The molecule has 0 unspecified atom stereocenters. The van der Waals surface area contributed by atoms with Gasteiger partial charge in [0.05, 0.1) is 6.61 Å². The summed E-state index contributed by atoms with van der Waals surface area (Å²) in [5, 5.41) is 12.2. The number of hydrogen-bond acceptors (Lipinski definition) is 4. The van der Waals surface area contributed by atoms with Crippen molar-refractivity contribution in [3.63, 3.8) is 0 Å². The molecule has 5 nitrogen and oxygen atoms in total. The van der Waals surface area contributed by atoms with Gasteiger partial charge in [-0.2, -0.15) is 5.26 Å². The minimum absolute atomic E-state index is 0.00423. The number of nitrogens with one attached hydrogen (secondary N) is 1. The maximum atomic E-state index is 12.5. The van der Waals surface area contributed by atoms with Crippen LogP contribution in [0.3, 0.4) is 0 Å². The van der Waals surface area contributed by atoms with Crippen molar-refractivity contribution in [1.82, 2.24) is 0 Å². The van der Waals surface area contributed by atoms with Gasteiger partial charge < -0.3 is 14.8 Å². The molecule has 31 heavy (non-hydrogen) atoms. The van der Waals surface area contributed by atoms with Gasteiger partial charge in [-0.25, -0.2) is 0 Å². The molecule has 0 saturated carbocycles. The molecule has 1 amide bonds. The Kier molecular flexibility index (Phi) is 7.45. The molecule has 0 heterocycles. The van der Waals surface area contributed by atoms with Crippen LogP contribution in [0, 0.1) is 18.3 Å². The number of ether oxygens (including phenoxy) is 2. The molecule has 0 saturated heterocycles. The van der Waals surface area contributed by atoms with Gasteiger partial charge in [0.2, 0.25) is 0 Å². The minimum atomic E-state index is -0.474. The first-order chi connectivity index (χ1) is 15.1. The normalized spacial score (nSPS) is 10.8. The van der Waals surface area contributed by atoms with Gasteiger partial charge in [0, 0.05) is 5.69 Å². The average molecular weight is 412 g/mol. The van der Waals surface area contributed by atoms with Gasteiger partial charge in [-0.15, -0.1) is 0 Å². The monoisotopic (exact) mass is 412 g/mol. The van der Waals surface area contributed by atoms with E-state index in [4.69, 9.17) is 9.47 Å². The van der Waals surface area contributed by atoms with Gasteiger partial charge >= 0.3 is 0 Å². The number of anilines is 1. The molecule has 0 spiro atoms. The molecule has 0 bridgehead atoms. The van der Waals surface area contributed by atoms with Gasteiger partial charge in [-0.1, -0.05) is 42.0 Å². The Morgan fingerprint density at radius 3 is 2.42 bits per heavy atom. The fourth-order valence-corrected chi connectivity index (χ4v) is 2.86. The van der Waals surface area contributed by atoms with Crippen molar-refractivity contribution in [2.75, 3.05) is 11.9 Å². The molecule has 1 N–H and O–H groups in total. The number of carbonyl (C=O) groups excluding carboxylic acids is 1. The molecule has 3 rings (SSSR count). The van der Waals surface area contributed by atoms with E-state index >= 15 is 0 Å². The van der Waals surface area contributed by atoms with E-state index in [1.54, 1.807) is 36.4 Å².